The van der Waals surface area contributed by atoms with Crippen molar-refractivity contribution in [3.05, 3.63) is 141 Å². The van der Waals surface area contributed by atoms with E-state index in [9.17, 15) is 24.3 Å². The molecular weight excluding hydrogens is 809 g/mol. The van der Waals surface area contributed by atoms with Crippen molar-refractivity contribution in [2.24, 2.45) is 0 Å². The summed E-state index contributed by atoms with van der Waals surface area (Å²) in [7, 11) is 0. The average molecular weight is 849 g/mol. The van der Waals surface area contributed by atoms with Crippen LogP contribution in [-0.4, -0.2) is 56.6 Å². The van der Waals surface area contributed by atoms with Gasteiger partial charge in [-0.05, 0) is 91.1 Å². The van der Waals surface area contributed by atoms with Crippen LogP contribution in [0.3, 0.4) is 0 Å². The van der Waals surface area contributed by atoms with Crippen LogP contribution in [0.2, 0.25) is 10.2 Å². The fourth-order valence-corrected chi connectivity index (χ4v) is 7.17. The lowest BCUT2D eigenvalue weighted by atomic mass is 9.92. The van der Waals surface area contributed by atoms with Gasteiger partial charge in [0, 0.05) is 30.2 Å². The second-order valence-electron chi connectivity index (χ2n) is 15.4. The van der Waals surface area contributed by atoms with Gasteiger partial charge in [-0.25, -0.2) is 14.6 Å². The SMILES string of the molecule is CC(C)(C)OC(=O)N1Cc2cc3c(cc2CC1C(=O)N[C@@H](Cc1ccc(-c2ccc(C#N)cc2)cc1)C(=O)O)NC(=O)C(c1ccc(OCc2cnc(Cl)c(Cl)c2)cc1)O3. The van der Waals surface area contributed by atoms with Crippen molar-refractivity contribution in [1.82, 2.24) is 15.2 Å². The Labute approximate surface area is 355 Å². The monoisotopic (exact) mass is 847 g/mol. The van der Waals surface area contributed by atoms with Crippen LogP contribution in [0.4, 0.5) is 10.5 Å². The van der Waals surface area contributed by atoms with Gasteiger partial charge in [0.1, 0.15) is 40.9 Å². The van der Waals surface area contributed by atoms with Crippen LogP contribution in [0.25, 0.3) is 11.1 Å². The Bertz CT molecular complexity index is 2500. The third kappa shape index (κ3) is 9.63. The summed E-state index contributed by atoms with van der Waals surface area (Å²) in [5.41, 5.74) is 5.11. The number of nitrogens with one attached hydrogen (secondary N) is 2. The van der Waals surface area contributed by atoms with E-state index >= 15 is 0 Å². The number of carboxylic acids is 1. The molecule has 0 radical (unpaired) electrons. The fraction of sp³-hybridized carbons (Fsp3) is 0.244. The molecule has 2 unspecified atom stereocenters. The molecule has 3 atom stereocenters. The number of aromatic nitrogens is 1. The van der Waals surface area contributed by atoms with E-state index in [2.05, 4.69) is 21.7 Å². The Morgan fingerprint density at radius 3 is 2.30 bits per heavy atom. The highest BCUT2D eigenvalue weighted by Crippen LogP contribution is 2.40. The third-order valence-electron chi connectivity index (χ3n) is 9.90. The molecule has 0 spiro atoms. The molecule has 4 aromatic carbocycles. The molecule has 5 aromatic rings. The highest BCUT2D eigenvalue weighted by Gasteiger charge is 2.40. The molecule has 2 aliphatic heterocycles. The summed E-state index contributed by atoms with van der Waals surface area (Å²) in [6.07, 6.45) is -0.180. The minimum atomic E-state index is -1.31. The van der Waals surface area contributed by atoms with Crippen LogP contribution < -0.4 is 20.1 Å². The summed E-state index contributed by atoms with van der Waals surface area (Å²) in [5.74, 6) is -1.42. The number of carbonyl (C=O) groups excluding carboxylic acids is 3. The van der Waals surface area contributed by atoms with Crippen molar-refractivity contribution in [3.8, 4) is 28.7 Å². The molecule has 15 heteroatoms. The summed E-state index contributed by atoms with van der Waals surface area (Å²) in [4.78, 5) is 58.9. The number of halogens is 2. The Morgan fingerprint density at radius 1 is 0.983 bits per heavy atom. The molecule has 306 valence electrons. The van der Waals surface area contributed by atoms with Gasteiger partial charge < -0.3 is 30.0 Å². The van der Waals surface area contributed by atoms with E-state index in [1.807, 2.05) is 24.3 Å². The van der Waals surface area contributed by atoms with E-state index < -0.39 is 47.7 Å². The number of ether oxygens (including phenoxy) is 3. The number of carbonyl (C=O) groups is 4. The maximum absolute atomic E-state index is 14.0. The molecule has 1 aromatic heterocycles. The van der Waals surface area contributed by atoms with Gasteiger partial charge >= 0.3 is 12.1 Å². The fourth-order valence-electron chi connectivity index (χ4n) is 6.88. The minimum absolute atomic E-state index is 0.0123. The second kappa shape index (κ2) is 17.3. The predicted octanol–water partition coefficient (Wildman–Crippen LogP) is 8.05. The first-order chi connectivity index (χ1) is 28.6. The van der Waals surface area contributed by atoms with Crippen molar-refractivity contribution in [3.63, 3.8) is 0 Å². The first-order valence-corrected chi connectivity index (χ1v) is 19.7. The van der Waals surface area contributed by atoms with Gasteiger partial charge in [0.25, 0.3) is 5.91 Å². The summed E-state index contributed by atoms with van der Waals surface area (Å²) in [6.45, 7) is 5.28. The zero-order valence-corrected chi connectivity index (χ0v) is 34.2. The highest BCUT2D eigenvalue weighted by atomic mass is 35.5. The predicted molar refractivity (Wildman–Crippen MR) is 223 cm³/mol. The van der Waals surface area contributed by atoms with Crippen molar-refractivity contribution in [1.29, 1.82) is 5.26 Å². The van der Waals surface area contributed by atoms with Gasteiger partial charge in [0.2, 0.25) is 12.0 Å². The van der Waals surface area contributed by atoms with Crippen molar-refractivity contribution in [2.45, 2.75) is 70.6 Å². The summed E-state index contributed by atoms with van der Waals surface area (Å²) >= 11 is 12.0. The summed E-state index contributed by atoms with van der Waals surface area (Å²) < 4.78 is 17.8. The summed E-state index contributed by atoms with van der Waals surface area (Å²) in [5, 5.41) is 25.4. The van der Waals surface area contributed by atoms with E-state index in [-0.39, 0.29) is 31.1 Å². The highest BCUT2D eigenvalue weighted by molar-refractivity contribution is 6.41. The molecule has 0 saturated carbocycles. The van der Waals surface area contributed by atoms with Crippen molar-refractivity contribution >= 4 is 52.8 Å². The first-order valence-electron chi connectivity index (χ1n) is 18.9. The topological polar surface area (TPSA) is 180 Å². The van der Waals surface area contributed by atoms with Crippen molar-refractivity contribution in [2.75, 3.05) is 5.32 Å². The zero-order chi connectivity index (χ0) is 42.7. The Hall–Kier alpha value is -6.62. The zero-order valence-electron chi connectivity index (χ0n) is 32.7. The number of amides is 3. The van der Waals surface area contributed by atoms with E-state index in [1.54, 1.807) is 93.7 Å². The molecule has 60 heavy (non-hydrogen) atoms. The molecular formula is C45H39Cl2N5O8. The van der Waals surface area contributed by atoms with Gasteiger partial charge in [-0.1, -0.05) is 71.7 Å². The number of pyridine rings is 1. The number of hydrogen-bond acceptors (Lipinski definition) is 9. The molecule has 0 aliphatic carbocycles. The maximum Gasteiger partial charge on any atom is 0.411 e. The van der Waals surface area contributed by atoms with Gasteiger partial charge in [0.15, 0.2) is 0 Å². The Morgan fingerprint density at radius 2 is 1.67 bits per heavy atom. The van der Waals surface area contributed by atoms with Gasteiger partial charge in [-0.3, -0.25) is 14.5 Å². The molecule has 0 bridgehead atoms. The molecule has 0 saturated heterocycles. The number of anilines is 1. The molecule has 3 N–H and O–H groups in total. The number of nitrogens with zero attached hydrogens (tertiary/aromatic N) is 3. The van der Waals surface area contributed by atoms with E-state index in [0.29, 0.717) is 50.0 Å². The number of carboxylic acid groups (broad SMARTS) is 1. The second-order valence-corrected chi connectivity index (χ2v) is 16.2. The number of hydrogen-bond donors (Lipinski definition) is 3. The molecule has 3 amide bonds. The molecule has 0 fully saturated rings. The van der Waals surface area contributed by atoms with Crippen LogP contribution in [0.15, 0.2) is 97.2 Å². The first kappa shape index (κ1) is 41.5. The van der Waals surface area contributed by atoms with Crippen LogP contribution in [0.1, 0.15) is 60.3 Å². The van der Waals surface area contributed by atoms with E-state index in [0.717, 1.165) is 16.7 Å². The number of nitriles is 1. The number of benzene rings is 4. The van der Waals surface area contributed by atoms with Gasteiger partial charge in [0.05, 0.1) is 28.9 Å². The number of rotatable bonds is 10. The van der Waals surface area contributed by atoms with E-state index in [4.69, 9.17) is 42.7 Å². The lowest BCUT2D eigenvalue weighted by molar-refractivity contribution is -0.142. The van der Waals surface area contributed by atoms with Gasteiger partial charge in [-0.15, -0.1) is 0 Å². The third-order valence-corrected chi connectivity index (χ3v) is 10.6. The lowest BCUT2D eigenvalue weighted by Crippen LogP contribution is -2.56. The number of fused-ring (bicyclic) bond motifs is 2. The van der Waals surface area contributed by atoms with E-state index in [1.165, 1.54) is 4.90 Å². The minimum Gasteiger partial charge on any atom is -0.489 e. The molecule has 13 nitrogen and oxygen atoms in total. The summed E-state index contributed by atoms with van der Waals surface area (Å²) in [6, 6.07) is 26.0. The smallest absolute Gasteiger partial charge is 0.411 e. The quantitative estimate of drug-likeness (QED) is 0.116. The largest absolute Gasteiger partial charge is 0.489 e. The number of aliphatic carboxylic acids is 1. The van der Waals surface area contributed by atoms with Gasteiger partial charge in [-0.2, -0.15) is 5.26 Å². The van der Waals surface area contributed by atoms with Crippen LogP contribution in [0, 0.1) is 11.3 Å². The maximum atomic E-state index is 14.0. The Balaban J connectivity index is 1.06. The normalized spacial score (nSPS) is 16.2. The lowest BCUT2D eigenvalue weighted by Gasteiger charge is -2.38. The van der Waals surface area contributed by atoms with Crippen molar-refractivity contribution < 1.29 is 38.5 Å². The molecule has 3 heterocycles. The standard InChI is InChI=1S/C45H39Cl2N5O8/c1-45(2,3)60-44(57)52-23-32-20-38-35(50-42(54)39(59-38)30-12-14-33(15-13-30)58-24-27-16-34(46)40(47)49-22-27)18-31(32)19-37(52)41(53)51-36(43(55)56)17-25-4-8-28(9-5-25)29-10-6-26(21-48)7-11-29/h4-16,18,20,22,36-37,39H,17,19,23-24H2,1-3H3,(H,50,54)(H,51,53)(H,55,56)/t36-,37?,39?/m0/s1. The van der Waals surface area contributed by atoms with Crippen LogP contribution in [0.5, 0.6) is 11.5 Å². The Kier molecular flexibility index (Phi) is 12.0. The van der Waals surface area contributed by atoms with Crippen LogP contribution >= 0.6 is 23.2 Å². The molecule has 2 aliphatic rings. The van der Waals surface area contributed by atoms with Crippen LogP contribution in [-0.2, 0) is 45.1 Å². The average Bonchev–Trinajstić information content (AvgIpc) is 3.22. The molecule has 7 rings (SSSR count).